The van der Waals surface area contributed by atoms with Crippen LogP contribution >= 0.6 is 12.4 Å². The summed E-state index contributed by atoms with van der Waals surface area (Å²) in [5.41, 5.74) is 5.05. The number of halogens is 1. The van der Waals surface area contributed by atoms with Gasteiger partial charge in [0.05, 0.1) is 12.0 Å². The molecule has 96 valence electrons. The number of carbonyl (C=O) groups excluding carboxylic acids is 1. The van der Waals surface area contributed by atoms with Crippen LogP contribution in [0.4, 0.5) is 0 Å². The van der Waals surface area contributed by atoms with Crippen LogP contribution in [0, 0.1) is 11.8 Å². The normalized spacial score (nSPS) is 29.7. The quantitative estimate of drug-likeness (QED) is 0.721. The average Bonchev–Trinajstić information content (AvgIpc) is 2.43. The Labute approximate surface area is 103 Å². The zero-order chi connectivity index (χ0) is 11.6. The largest absolute Gasteiger partial charge is 0.460 e. The molecule has 1 fully saturated rings. The van der Waals surface area contributed by atoms with E-state index < -0.39 is 11.7 Å². The van der Waals surface area contributed by atoms with Gasteiger partial charge in [0.25, 0.3) is 0 Å². The van der Waals surface area contributed by atoms with E-state index in [-0.39, 0.29) is 30.2 Å². The molecule has 1 rings (SSSR count). The Kier molecular flexibility index (Phi) is 5.73. The Morgan fingerprint density at radius 3 is 2.38 bits per heavy atom. The third-order valence-corrected chi connectivity index (χ3v) is 2.70. The van der Waals surface area contributed by atoms with Crippen molar-refractivity contribution in [2.75, 3.05) is 6.54 Å². The Morgan fingerprint density at radius 1 is 1.44 bits per heavy atom. The highest BCUT2D eigenvalue weighted by Crippen LogP contribution is 2.32. The lowest BCUT2D eigenvalue weighted by Crippen LogP contribution is -2.28. The molecule has 1 saturated carbocycles. The summed E-state index contributed by atoms with van der Waals surface area (Å²) in [5, 5.41) is 9.62. The second kappa shape index (κ2) is 5.84. The zero-order valence-corrected chi connectivity index (χ0v) is 10.9. The van der Waals surface area contributed by atoms with Crippen molar-refractivity contribution in [3.63, 3.8) is 0 Å². The van der Waals surface area contributed by atoms with Crippen LogP contribution in [0.25, 0.3) is 0 Å². The fraction of sp³-hybridized carbons (Fsp3) is 0.909. The molecule has 4 nitrogen and oxygen atoms in total. The SMILES string of the molecule is CC(C)(C)OC(=O)C1C[C@H](CN)[C@H](O)C1.Cl. The van der Waals surface area contributed by atoms with Crippen molar-refractivity contribution in [3.05, 3.63) is 0 Å². The molecule has 0 saturated heterocycles. The molecule has 0 aliphatic heterocycles. The molecule has 0 aromatic carbocycles. The summed E-state index contributed by atoms with van der Waals surface area (Å²) >= 11 is 0. The van der Waals surface area contributed by atoms with Crippen LogP contribution in [-0.2, 0) is 9.53 Å². The molecule has 1 aliphatic rings. The second-order valence-corrected chi connectivity index (χ2v) is 5.26. The van der Waals surface area contributed by atoms with Crippen LogP contribution in [0.15, 0.2) is 0 Å². The number of carbonyl (C=O) groups is 1. The van der Waals surface area contributed by atoms with Gasteiger partial charge < -0.3 is 15.6 Å². The van der Waals surface area contributed by atoms with Crippen molar-refractivity contribution in [2.24, 2.45) is 17.6 Å². The van der Waals surface area contributed by atoms with Crippen molar-refractivity contribution in [1.82, 2.24) is 0 Å². The van der Waals surface area contributed by atoms with Gasteiger partial charge in [0.1, 0.15) is 5.60 Å². The molecule has 0 radical (unpaired) electrons. The Balaban J connectivity index is 0.00000225. The van der Waals surface area contributed by atoms with Gasteiger partial charge in [0.2, 0.25) is 0 Å². The van der Waals surface area contributed by atoms with Gasteiger partial charge in [-0.15, -0.1) is 12.4 Å². The summed E-state index contributed by atoms with van der Waals surface area (Å²) in [6, 6.07) is 0. The molecule has 1 aliphatic carbocycles. The molecular formula is C11H22ClNO3. The minimum atomic E-state index is -0.456. The molecule has 0 aromatic rings. The van der Waals surface area contributed by atoms with E-state index in [0.29, 0.717) is 19.4 Å². The molecule has 3 atom stereocenters. The number of nitrogens with two attached hydrogens (primary N) is 1. The van der Waals surface area contributed by atoms with Crippen molar-refractivity contribution in [1.29, 1.82) is 0 Å². The topological polar surface area (TPSA) is 72.5 Å². The fourth-order valence-electron chi connectivity index (χ4n) is 1.93. The van der Waals surface area contributed by atoms with Crippen LogP contribution in [0.5, 0.6) is 0 Å². The van der Waals surface area contributed by atoms with E-state index in [4.69, 9.17) is 10.5 Å². The Hall–Kier alpha value is -0.320. The van der Waals surface area contributed by atoms with Gasteiger partial charge >= 0.3 is 5.97 Å². The van der Waals surface area contributed by atoms with Gasteiger partial charge in [-0.3, -0.25) is 4.79 Å². The van der Waals surface area contributed by atoms with Gasteiger partial charge in [-0.25, -0.2) is 0 Å². The van der Waals surface area contributed by atoms with E-state index in [1.807, 2.05) is 20.8 Å². The number of hydrogen-bond donors (Lipinski definition) is 2. The second-order valence-electron chi connectivity index (χ2n) is 5.26. The third-order valence-electron chi connectivity index (χ3n) is 2.70. The molecule has 0 amide bonds. The monoisotopic (exact) mass is 251 g/mol. The maximum Gasteiger partial charge on any atom is 0.309 e. The number of aliphatic hydroxyl groups is 1. The standard InChI is InChI=1S/C11H21NO3.ClH/c1-11(2,3)15-10(14)7-4-8(6-12)9(13)5-7;/h7-9,13H,4-6,12H2,1-3H3;1H/t7?,8-,9-;/m1./s1. The zero-order valence-electron chi connectivity index (χ0n) is 10.1. The van der Waals surface area contributed by atoms with Crippen LogP contribution in [-0.4, -0.2) is 29.3 Å². The van der Waals surface area contributed by atoms with E-state index in [1.165, 1.54) is 0 Å². The van der Waals surface area contributed by atoms with E-state index in [9.17, 15) is 9.90 Å². The van der Waals surface area contributed by atoms with Crippen molar-refractivity contribution in [3.8, 4) is 0 Å². The fourth-order valence-corrected chi connectivity index (χ4v) is 1.93. The first-order chi connectivity index (χ1) is 6.83. The highest BCUT2D eigenvalue weighted by atomic mass is 35.5. The van der Waals surface area contributed by atoms with Crippen LogP contribution < -0.4 is 5.73 Å². The number of rotatable bonds is 2. The smallest absolute Gasteiger partial charge is 0.309 e. The first-order valence-electron chi connectivity index (χ1n) is 5.44. The summed E-state index contributed by atoms with van der Waals surface area (Å²) in [6.45, 7) is 5.96. The van der Waals surface area contributed by atoms with Crippen LogP contribution in [0.3, 0.4) is 0 Å². The maximum atomic E-state index is 11.7. The van der Waals surface area contributed by atoms with Crippen LogP contribution in [0.2, 0.25) is 0 Å². The Bertz CT molecular complexity index is 240. The van der Waals surface area contributed by atoms with Crippen molar-refractivity contribution >= 4 is 18.4 Å². The molecule has 0 heterocycles. The predicted molar refractivity (Wildman–Crippen MR) is 64.4 cm³/mol. The Morgan fingerprint density at radius 2 is 2.00 bits per heavy atom. The van der Waals surface area contributed by atoms with E-state index in [2.05, 4.69) is 0 Å². The molecule has 1 unspecified atom stereocenters. The molecule has 5 heteroatoms. The van der Waals surface area contributed by atoms with Gasteiger partial charge in [0.15, 0.2) is 0 Å². The van der Waals surface area contributed by atoms with Gasteiger partial charge in [0, 0.05) is 0 Å². The molecule has 0 bridgehead atoms. The lowest BCUT2D eigenvalue weighted by Gasteiger charge is -2.21. The predicted octanol–water partition coefficient (Wildman–Crippen LogP) is 1.10. The number of esters is 1. The summed E-state index contributed by atoms with van der Waals surface area (Å²) in [4.78, 5) is 11.7. The summed E-state index contributed by atoms with van der Waals surface area (Å²) in [7, 11) is 0. The third kappa shape index (κ3) is 4.28. The molecule has 3 N–H and O–H groups in total. The first kappa shape index (κ1) is 15.7. The number of aliphatic hydroxyl groups excluding tert-OH is 1. The number of hydrogen-bond acceptors (Lipinski definition) is 4. The van der Waals surface area contributed by atoms with E-state index in [0.717, 1.165) is 0 Å². The minimum Gasteiger partial charge on any atom is -0.460 e. The lowest BCUT2D eigenvalue weighted by atomic mass is 10.0. The van der Waals surface area contributed by atoms with Gasteiger partial charge in [-0.1, -0.05) is 0 Å². The molecule has 0 aromatic heterocycles. The van der Waals surface area contributed by atoms with E-state index in [1.54, 1.807) is 0 Å². The van der Waals surface area contributed by atoms with Gasteiger partial charge in [-0.05, 0) is 46.1 Å². The number of ether oxygens (including phenoxy) is 1. The van der Waals surface area contributed by atoms with Crippen LogP contribution in [0.1, 0.15) is 33.6 Å². The summed E-state index contributed by atoms with van der Waals surface area (Å²) in [5.74, 6) is -0.354. The summed E-state index contributed by atoms with van der Waals surface area (Å²) in [6.07, 6.45) is 0.677. The van der Waals surface area contributed by atoms with E-state index >= 15 is 0 Å². The maximum absolute atomic E-state index is 11.7. The highest BCUT2D eigenvalue weighted by molar-refractivity contribution is 5.85. The minimum absolute atomic E-state index is 0. The van der Waals surface area contributed by atoms with Gasteiger partial charge in [-0.2, -0.15) is 0 Å². The highest BCUT2D eigenvalue weighted by Gasteiger charge is 2.38. The molecular weight excluding hydrogens is 230 g/mol. The lowest BCUT2D eigenvalue weighted by molar-refractivity contribution is -0.160. The van der Waals surface area contributed by atoms with Crippen molar-refractivity contribution < 1.29 is 14.6 Å². The molecule has 0 spiro atoms. The first-order valence-corrected chi connectivity index (χ1v) is 5.44. The average molecular weight is 252 g/mol. The summed E-state index contributed by atoms with van der Waals surface area (Å²) < 4.78 is 5.27. The van der Waals surface area contributed by atoms with Crippen molar-refractivity contribution in [2.45, 2.75) is 45.3 Å². The molecule has 16 heavy (non-hydrogen) atoms.